The number of nitrogens with one attached hydrogen (secondary N) is 1. The molecule has 108 valence electrons. The highest BCUT2D eigenvalue weighted by atomic mass is 16.5. The predicted molar refractivity (Wildman–Crippen MR) is 71.8 cm³/mol. The molecular weight excluding hydrogens is 232 g/mol. The molecule has 0 bridgehead atoms. The molecule has 1 heterocycles. The van der Waals surface area contributed by atoms with E-state index in [0.29, 0.717) is 19.1 Å². The molecule has 0 saturated carbocycles. The summed E-state index contributed by atoms with van der Waals surface area (Å²) in [5, 5.41) is 13.7. The van der Waals surface area contributed by atoms with Gasteiger partial charge in [0.25, 0.3) is 0 Å². The van der Waals surface area contributed by atoms with E-state index in [2.05, 4.69) is 17.1 Å². The number of β-amino-alcohol motifs (C(OH)–C–C–N with tert-alkyl or cyclic N) is 1. The van der Waals surface area contributed by atoms with Gasteiger partial charge in [-0.15, -0.1) is 0 Å². The van der Waals surface area contributed by atoms with Gasteiger partial charge in [-0.3, -0.25) is 4.90 Å². The molecule has 0 aromatic rings. The molecule has 5 heteroatoms. The summed E-state index contributed by atoms with van der Waals surface area (Å²) in [6.07, 6.45) is 0.962. The first-order valence-corrected chi connectivity index (χ1v) is 6.78. The van der Waals surface area contributed by atoms with Crippen LogP contribution in [0.1, 0.15) is 20.3 Å². The summed E-state index contributed by atoms with van der Waals surface area (Å²) in [7, 11) is 1.71. The third kappa shape index (κ3) is 6.66. The molecule has 0 spiro atoms. The Labute approximate surface area is 110 Å². The van der Waals surface area contributed by atoms with Crippen molar-refractivity contribution in [1.29, 1.82) is 0 Å². The minimum atomic E-state index is -0.696. The summed E-state index contributed by atoms with van der Waals surface area (Å²) in [6, 6.07) is 0.362. The van der Waals surface area contributed by atoms with E-state index in [9.17, 15) is 5.11 Å². The third-order valence-electron chi connectivity index (χ3n) is 3.25. The van der Waals surface area contributed by atoms with Crippen molar-refractivity contribution in [1.82, 2.24) is 10.2 Å². The van der Waals surface area contributed by atoms with Crippen molar-refractivity contribution >= 4 is 0 Å². The molecule has 1 fully saturated rings. The van der Waals surface area contributed by atoms with E-state index in [1.54, 1.807) is 7.11 Å². The number of rotatable bonds is 8. The van der Waals surface area contributed by atoms with Crippen LogP contribution in [0.4, 0.5) is 0 Å². The second kappa shape index (κ2) is 8.07. The van der Waals surface area contributed by atoms with E-state index in [1.165, 1.54) is 0 Å². The smallest absolute Gasteiger partial charge is 0.0869 e. The number of hydrogen-bond acceptors (Lipinski definition) is 5. The zero-order valence-electron chi connectivity index (χ0n) is 11.9. The van der Waals surface area contributed by atoms with Gasteiger partial charge >= 0.3 is 0 Å². The molecule has 1 aliphatic heterocycles. The standard InChI is InChI=1S/C13H28N2O3/c1-12(4-7-17-3)14-10-13(2,16)11-15-5-8-18-9-6-15/h12,14,16H,4-11H2,1-3H3. The highest BCUT2D eigenvalue weighted by Gasteiger charge is 2.25. The number of aliphatic hydroxyl groups is 1. The second-order valence-corrected chi connectivity index (χ2v) is 5.45. The van der Waals surface area contributed by atoms with Gasteiger partial charge in [0.2, 0.25) is 0 Å². The van der Waals surface area contributed by atoms with Crippen LogP contribution in [0.15, 0.2) is 0 Å². The maximum absolute atomic E-state index is 10.4. The largest absolute Gasteiger partial charge is 0.388 e. The third-order valence-corrected chi connectivity index (χ3v) is 3.25. The average Bonchev–Trinajstić information content (AvgIpc) is 2.35. The molecule has 1 aliphatic rings. The van der Waals surface area contributed by atoms with Crippen molar-refractivity contribution < 1.29 is 14.6 Å². The quantitative estimate of drug-likeness (QED) is 0.647. The monoisotopic (exact) mass is 260 g/mol. The van der Waals surface area contributed by atoms with E-state index in [-0.39, 0.29) is 0 Å². The minimum Gasteiger partial charge on any atom is -0.388 e. The van der Waals surface area contributed by atoms with Crippen molar-refractivity contribution in [2.75, 3.05) is 53.1 Å². The summed E-state index contributed by atoms with van der Waals surface area (Å²) >= 11 is 0. The number of hydrogen-bond donors (Lipinski definition) is 2. The van der Waals surface area contributed by atoms with Crippen molar-refractivity contribution in [3.8, 4) is 0 Å². The van der Waals surface area contributed by atoms with Crippen LogP contribution in [0.25, 0.3) is 0 Å². The second-order valence-electron chi connectivity index (χ2n) is 5.45. The molecule has 0 aromatic carbocycles. The number of methoxy groups -OCH3 is 1. The molecule has 0 amide bonds. The van der Waals surface area contributed by atoms with Crippen molar-refractivity contribution in [3.05, 3.63) is 0 Å². The normalized spacial score (nSPS) is 22.7. The summed E-state index contributed by atoms with van der Waals surface area (Å²) in [5.74, 6) is 0. The molecule has 0 aromatic heterocycles. The van der Waals surface area contributed by atoms with Gasteiger partial charge in [-0.1, -0.05) is 0 Å². The van der Waals surface area contributed by atoms with Crippen LogP contribution in [-0.2, 0) is 9.47 Å². The first-order chi connectivity index (χ1) is 8.53. The van der Waals surface area contributed by atoms with Crippen molar-refractivity contribution in [3.63, 3.8) is 0 Å². The van der Waals surface area contributed by atoms with Crippen LogP contribution in [0.5, 0.6) is 0 Å². The highest BCUT2D eigenvalue weighted by Crippen LogP contribution is 2.08. The number of nitrogens with zero attached hydrogens (tertiary/aromatic N) is 1. The molecule has 0 radical (unpaired) electrons. The van der Waals surface area contributed by atoms with E-state index >= 15 is 0 Å². The number of ether oxygens (including phenoxy) is 2. The van der Waals surface area contributed by atoms with E-state index in [4.69, 9.17) is 9.47 Å². The lowest BCUT2D eigenvalue weighted by Crippen LogP contribution is -2.51. The zero-order valence-corrected chi connectivity index (χ0v) is 11.9. The molecule has 1 saturated heterocycles. The van der Waals surface area contributed by atoms with Crippen LogP contribution in [0.3, 0.4) is 0 Å². The molecule has 2 N–H and O–H groups in total. The minimum absolute atomic E-state index is 0.362. The summed E-state index contributed by atoms with van der Waals surface area (Å²) in [4.78, 5) is 2.25. The Morgan fingerprint density at radius 3 is 2.72 bits per heavy atom. The summed E-state index contributed by atoms with van der Waals surface area (Å²) in [6.45, 7) is 9.42. The molecule has 5 nitrogen and oxygen atoms in total. The lowest BCUT2D eigenvalue weighted by molar-refractivity contribution is -0.0229. The Hall–Kier alpha value is -0.200. The molecule has 1 rings (SSSR count). The first kappa shape index (κ1) is 15.9. The molecule has 2 unspecified atom stereocenters. The fourth-order valence-electron chi connectivity index (χ4n) is 2.09. The first-order valence-electron chi connectivity index (χ1n) is 6.78. The number of morpholine rings is 1. The van der Waals surface area contributed by atoms with Crippen LogP contribution >= 0.6 is 0 Å². The van der Waals surface area contributed by atoms with E-state index in [0.717, 1.165) is 39.3 Å². The fraction of sp³-hybridized carbons (Fsp3) is 1.00. The van der Waals surface area contributed by atoms with Gasteiger partial charge < -0.3 is 19.9 Å². The lowest BCUT2D eigenvalue weighted by atomic mass is 10.1. The highest BCUT2D eigenvalue weighted by molar-refractivity contribution is 4.82. The Morgan fingerprint density at radius 1 is 1.44 bits per heavy atom. The van der Waals surface area contributed by atoms with E-state index in [1.807, 2.05) is 6.92 Å². The van der Waals surface area contributed by atoms with Crippen LogP contribution < -0.4 is 5.32 Å². The van der Waals surface area contributed by atoms with Gasteiger partial charge in [0.15, 0.2) is 0 Å². The van der Waals surface area contributed by atoms with Gasteiger partial charge in [-0.25, -0.2) is 0 Å². The van der Waals surface area contributed by atoms with Crippen molar-refractivity contribution in [2.24, 2.45) is 0 Å². The van der Waals surface area contributed by atoms with Gasteiger partial charge in [-0.05, 0) is 20.3 Å². The molecule has 18 heavy (non-hydrogen) atoms. The van der Waals surface area contributed by atoms with Crippen molar-refractivity contribution in [2.45, 2.75) is 31.9 Å². The SMILES string of the molecule is COCCC(C)NCC(C)(O)CN1CCOCC1. The molecular formula is C13H28N2O3. The van der Waals surface area contributed by atoms with E-state index < -0.39 is 5.60 Å². The van der Waals surface area contributed by atoms with Gasteiger partial charge in [0, 0.05) is 45.9 Å². The maximum atomic E-state index is 10.4. The van der Waals surface area contributed by atoms with Gasteiger partial charge in [-0.2, -0.15) is 0 Å². The Bertz CT molecular complexity index is 218. The van der Waals surface area contributed by atoms with Crippen LogP contribution in [0, 0.1) is 0 Å². The Morgan fingerprint density at radius 2 is 2.11 bits per heavy atom. The summed E-state index contributed by atoms with van der Waals surface area (Å²) in [5.41, 5.74) is -0.696. The molecule has 2 atom stereocenters. The van der Waals surface area contributed by atoms with Crippen LogP contribution in [-0.4, -0.2) is 74.8 Å². The fourth-order valence-corrected chi connectivity index (χ4v) is 2.09. The van der Waals surface area contributed by atoms with Gasteiger partial charge in [0.1, 0.15) is 0 Å². The Balaban J connectivity index is 2.21. The molecule has 0 aliphatic carbocycles. The van der Waals surface area contributed by atoms with Crippen LogP contribution in [0.2, 0.25) is 0 Å². The summed E-state index contributed by atoms with van der Waals surface area (Å²) < 4.78 is 10.3. The average molecular weight is 260 g/mol. The maximum Gasteiger partial charge on any atom is 0.0869 e. The lowest BCUT2D eigenvalue weighted by Gasteiger charge is -2.34. The predicted octanol–water partition coefficient (Wildman–Crippen LogP) is 0.0842. The Kier molecular flexibility index (Phi) is 7.11. The zero-order chi connectivity index (χ0) is 13.4. The topological polar surface area (TPSA) is 54.0 Å². The van der Waals surface area contributed by atoms with Gasteiger partial charge in [0.05, 0.1) is 18.8 Å².